The standard InChI is InChI=1S/C12H20N4O/c1-9-3-4-10(2)16(7-9)12(17)8-15-6-5-11(13)14-15/h5-6,9-10H,3-4,7-8H2,1-2H3,(H2,13,14). The fraction of sp³-hybridized carbons (Fsp3) is 0.667. The van der Waals surface area contributed by atoms with Crippen LogP contribution in [-0.2, 0) is 11.3 Å². The predicted molar refractivity (Wildman–Crippen MR) is 66.2 cm³/mol. The van der Waals surface area contributed by atoms with E-state index in [0.29, 0.717) is 17.8 Å². The van der Waals surface area contributed by atoms with Gasteiger partial charge in [0.1, 0.15) is 12.4 Å². The van der Waals surface area contributed by atoms with Crippen LogP contribution in [0.3, 0.4) is 0 Å². The number of anilines is 1. The minimum absolute atomic E-state index is 0.132. The third-order valence-electron chi connectivity index (χ3n) is 3.40. The van der Waals surface area contributed by atoms with E-state index in [2.05, 4.69) is 18.9 Å². The van der Waals surface area contributed by atoms with Gasteiger partial charge in [0, 0.05) is 18.8 Å². The van der Waals surface area contributed by atoms with Crippen LogP contribution >= 0.6 is 0 Å². The number of rotatable bonds is 2. The summed E-state index contributed by atoms with van der Waals surface area (Å²) in [5, 5.41) is 4.04. The molecule has 1 fully saturated rings. The molecule has 1 saturated heterocycles. The van der Waals surface area contributed by atoms with E-state index in [1.807, 2.05) is 4.90 Å². The van der Waals surface area contributed by atoms with Crippen LogP contribution in [0.15, 0.2) is 12.3 Å². The van der Waals surface area contributed by atoms with Crippen molar-refractivity contribution in [2.24, 2.45) is 5.92 Å². The van der Waals surface area contributed by atoms with E-state index in [1.165, 1.54) is 6.42 Å². The van der Waals surface area contributed by atoms with Crippen molar-refractivity contribution in [1.82, 2.24) is 14.7 Å². The van der Waals surface area contributed by atoms with Gasteiger partial charge in [-0.25, -0.2) is 0 Å². The number of piperidine rings is 1. The fourth-order valence-electron chi connectivity index (χ4n) is 2.33. The maximum absolute atomic E-state index is 12.2. The largest absolute Gasteiger partial charge is 0.382 e. The summed E-state index contributed by atoms with van der Waals surface area (Å²) in [6, 6.07) is 2.04. The number of hydrogen-bond acceptors (Lipinski definition) is 3. The molecule has 1 aliphatic rings. The number of nitrogens with zero attached hydrogens (tertiary/aromatic N) is 3. The van der Waals surface area contributed by atoms with Crippen molar-refractivity contribution < 1.29 is 4.79 Å². The molecule has 1 aromatic heterocycles. The highest BCUT2D eigenvalue weighted by Crippen LogP contribution is 2.21. The molecule has 0 radical (unpaired) electrons. The molecule has 2 unspecified atom stereocenters. The second kappa shape index (κ2) is 4.77. The molecule has 0 bridgehead atoms. The molecule has 2 atom stereocenters. The number of nitrogen functional groups attached to an aromatic ring is 1. The summed E-state index contributed by atoms with van der Waals surface area (Å²) in [5.41, 5.74) is 5.53. The molecule has 0 aromatic carbocycles. The number of hydrogen-bond donors (Lipinski definition) is 1. The Bertz CT molecular complexity index is 401. The highest BCUT2D eigenvalue weighted by Gasteiger charge is 2.26. The van der Waals surface area contributed by atoms with E-state index in [1.54, 1.807) is 16.9 Å². The lowest BCUT2D eigenvalue weighted by Gasteiger charge is -2.36. The van der Waals surface area contributed by atoms with Gasteiger partial charge in [-0.3, -0.25) is 9.48 Å². The lowest BCUT2D eigenvalue weighted by atomic mass is 9.95. The van der Waals surface area contributed by atoms with Crippen LogP contribution in [0.25, 0.3) is 0 Å². The van der Waals surface area contributed by atoms with E-state index in [9.17, 15) is 4.79 Å². The zero-order chi connectivity index (χ0) is 12.4. The molecular weight excluding hydrogens is 216 g/mol. The Morgan fingerprint density at radius 3 is 2.94 bits per heavy atom. The third-order valence-corrected chi connectivity index (χ3v) is 3.40. The number of amides is 1. The van der Waals surface area contributed by atoms with E-state index in [4.69, 9.17) is 5.73 Å². The summed E-state index contributed by atoms with van der Waals surface area (Å²) in [6.07, 6.45) is 4.04. The summed E-state index contributed by atoms with van der Waals surface area (Å²) >= 11 is 0. The first-order valence-electron chi connectivity index (χ1n) is 6.14. The summed E-state index contributed by atoms with van der Waals surface area (Å²) in [7, 11) is 0. The number of aromatic nitrogens is 2. The van der Waals surface area contributed by atoms with Gasteiger partial charge in [-0.05, 0) is 31.7 Å². The Morgan fingerprint density at radius 1 is 1.53 bits per heavy atom. The molecule has 1 aromatic rings. The molecule has 0 aliphatic carbocycles. The van der Waals surface area contributed by atoms with Crippen molar-refractivity contribution in [2.45, 2.75) is 39.3 Å². The predicted octanol–water partition coefficient (Wildman–Crippen LogP) is 1.11. The second-order valence-corrected chi connectivity index (χ2v) is 5.02. The number of carbonyl (C=O) groups is 1. The van der Waals surface area contributed by atoms with Crippen molar-refractivity contribution in [3.63, 3.8) is 0 Å². The first kappa shape index (κ1) is 12.0. The topological polar surface area (TPSA) is 64.2 Å². The summed E-state index contributed by atoms with van der Waals surface area (Å²) < 4.78 is 1.60. The number of nitrogens with two attached hydrogens (primary N) is 1. The molecule has 2 rings (SSSR count). The minimum atomic E-state index is 0.132. The number of likely N-dealkylation sites (tertiary alicyclic amines) is 1. The first-order valence-corrected chi connectivity index (χ1v) is 6.14. The van der Waals surface area contributed by atoms with Gasteiger partial charge in [-0.1, -0.05) is 6.92 Å². The zero-order valence-corrected chi connectivity index (χ0v) is 10.5. The lowest BCUT2D eigenvalue weighted by molar-refractivity contribution is -0.136. The minimum Gasteiger partial charge on any atom is -0.382 e. The van der Waals surface area contributed by atoms with Crippen LogP contribution in [0.1, 0.15) is 26.7 Å². The SMILES string of the molecule is CC1CCC(C)N(C(=O)Cn2ccc(N)n2)C1. The highest BCUT2D eigenvalue weighted by molar-refractivity contribution is 5.76. The molecule has 0 saturated carbocycles. The molecule has 17 heavy (non-hydrogen) atoms. The van der Waals surface area contributed by atoms with Crippen LogP contribution in [0.5, 0.6) is 0 Å². The van der Waals surface area contributed by atoms with E-state index in [0.717, 1.165) is 13.0 Å². The normalized spacial score (nSPS) is 24.9. The molecule has 2 heterocycles. The maximum Gasteiger partial charge on any atom is 0.244 e. The van der Waals surface area contributed by atoms with Crippen LogP contribution in [0.4, 0.5) is 5.82 Å². The molecular formula is C12H20N4O. The Hall–Kier alpha value is -1.52. The lowest BCUT2D eigenvalue weighted by Crippen LogP contribution is -2.46. The van der Waals surface area contributed by atoms with Crippen molar-refractivity contribution in [3.05, 3.63) is 12.3 Å². The Kier molecular flexibility index (Phi) is 3.36. The van der Waals surface area contributed by atoms with E-state index in [-0.39, 0.29) is 12.5 Å². The summed E-state index contributed by atoms with van der Waals surface area (Å²) in [5.74, 6) is 1.18. The van der Waals surface area contributed by atoms with E-state index >= 15 is 0 Å². The molecule has 5 nitrogen and oxygen atoms in total. The van der Waals surface area contributed by atoms with Crippen LogP contribution in [0, 0.1) is 5.92 Å². The molecule has 1 aliphatic heterocycles. The van der Waals surface area contributed by atoms with Crippen LogP contribution < -0.4 is 5.73 Å². The van der Waals surface area contributed by atoms with Crippen molar-refractivity contribution >= 4 is 11.7 Å². The Labute approximate surface area is 102 Å². The fourth-order valence-corrected chi connectivity index (χ4v) is 2.33. The van der Waals surface area contributed by atoms with Gasteiger partial charge in [0.25, 0.3) is 0 Å². The van der Waals surface area contributed by atoms with Crippen LogP contribution in [-0.4, -0.2) is 33.2 Å². The van der Waals surface area contributed by atoms with Crippen LogP contribution in [0.2, 0.25) is 0 Å². The smallest absolute Gasteiger partial charge is 0.244 e. The maximum atomic E-state index is 12.2. The molecule has 1 amide bonds. The monoisotopic (exact) mass is 236 g/mol. The second-order valence-electron chi connectivity index (χ2n) is 5.02. The van der Waals surface area contributed by atoms with Gasteiger partial charge in [0.15, 0.2) is 0 Å². The quantitative estimate of drug-likeness (QED) is 0.836. The third kappa shape index (κ3) is 2.78. The first-order chi connectivity index (χ1) is 8.06. The Balaban J connectivity index is 1.99. The van der Waals surface area contributed by atoms with E-state index < -0.39 is 0 Å². The van der Waals surface area contributed by atoms with Crippen molar-refractivity contribution in [1.29, 1.82) is 0 Å². The van der Waals surface area contributed by atoms with Crippen molar-refractivity contribution in [3.8, 4) is 0 Å². The average molecular weight is 236 g/mol. The van der Waals surface area contributed by atoms with Crippen molar-refractivity contribution in [2.75, 3.05) is 12.3 Å². The highest BCUT2D eigenvalue weighted by atomic mass is 16.2. The van der Waals surface area contributed by atoms with Gasteiger partial charge < -0.3 is 10.6 Å². The summed E-state index contributed by atoms with van der Waals surface area (Å²) in [4.78, 5) is 14.1. The molecule has 5 heteroatoms. The van der Waals surface area contributed by atoms with Gasteiger partial charge in [-0.15, -0.1) is 0 Å². The van der Waals surface area contributed by atoms with Gasteiger partial charge in [0.2, 0.25) is 5.91 Å². The zero-order valence-electron chi connectivity index (χ0n) is 10.5. The average Bonchev–Trinajstić information content (AvgIpc) is 2.67. The van der Waals surface area contributed by atoms with Gasteiger partial charge in [-0.2, -0.15) is 5.10 Å². The van der Waals surface area contributed by atoms with Gasteiger partial charge in [0.05, 0.1) is 0 Å². The Morgan fingerprint density at radius 2 is 2.29 bits per heavy atom. The molecule has 0 spiro atoms. The summed E-state index contributed by atoms with van der Waals surface area (Å²) in [6.45, 7) is 5.45. The molecule has 2 N–H and O–H groups in total. The van der Waals surface area contributed by atoms with Gasteiger partial charge >= 0.3 is 0 Å². The number of carbonyl (C=O) groups excluding carboxylic acids is 1. The molecule has 94 valence electrons.